The predicted molar refractivity (Wildman–Crippen MR) is 78.1 cm³/mol. The van der Waals surface area contributed by atoms with Crippen LogP contribution in [0.1, 0.15) is 15.9 Å². The van der Waals surface area contributed by atoms with Crippen molar-refractivity contribution >= 4 is 11.7 Å². The molecule has 0 unspecified atom stereocenters. The molecule has 0 atom stereocenters. The van der Waals surface area contributed by atoms with E-state index in [2.05, 4.69) is 10.3 Å². The molecule has 0 saturated carbocycles. The lowest BCUT2D eigenvalue weighted by molar-refractivity contribution is 0.0697. The monoisotopic (exact) mass is 288 g/mol. The molecule has 110 valence electrons. The summed E-state index contributed by atoms with van der Waals surface area (Å²) in [7, 11) is 2.97. The zero-order chi connectivity index (χ0) is 15.2. The Labute approximate surface area is 122 Å². The van der Waals surface area contributed by atoms with Gasteiger partial charge in [0.2, 0.25) is 0 Å². The Bertz CT molecular complexity index is 629. The second-order valence-electron chi connectivity index (χ2n) is 4.27. The number of pyridine rings is 1. The second kappa shape index (κ2) is 6.60. The van der Waals surface area contributed by atoms with Crippen LogP contribution in [0.4, 0.5) is 5.69 Å². The van der Waals surface area contributed by atoms with Gasteiger partial charge in [-0.25, -0.2) is 4.79 Å². The number of rotatable bonds is 6. The normalized spacial score (nSPS) is 10.0. The van der Waals surface area contributed by atoms with Crippen LogP contribution in [0.5, 0.6) is 11.5 Å². The second-order valence-corrected chi connectivity index (χ2v) is 4.27. The van der Waals surface area contributed by atoms with Gasteiger partial charge in [0.15, 0.2) is 11.5 Å². The molecule has 2 N–H and O–H groups in total. The summed E-state index contributed by atoms with van der Waals surface area (Å²) in [6.45, 7) is 0.484. The first kappa shape index (κ1) is 14.6. The number of carbonyl (C=O) groups is 1. The molecule has 0 bridgehead atoms. The van der Waals surface area contributed by atoms with Crippen molar-refractivity contribution in [1.82, 2.24) is 4.98 Å². The number of aromatic nitrogens is 1. The average molecular weight is 288 g/mol. The SMILES string of the molecule is COc1cc(NCc2ccncc2)c(C(=O)O)cc1OC. The minimum Gasteiger partial charge on any atom is -0.493 e. The van der Waals surface area contributed by atoms with E-state index < -0.39 is 5.97 Å². The summed E-state index contributed by atoms with van der Waals surface area (Å²) >= 11 is 0. The highest BCUT2D eigenvalue weighted by molar-refractivity contribution is 5.95. The molecule has 0 aliphatic rings. The molecular formula is C15H16N2O4. The number of aromatic carboxylic acids is 1. The maximum atomic E-state index is 11.4. The Hall–Kier alpha value is -2.76. The molecule has 0 radical (unpaired) electrons. The summed E-state index contributed by atoms with van der Waals surface area (Å²) in [4.78, 5) is 15.3. The lowest BCUT2D eigenvalue weighted by Gasteiger charge is -2.14. The van der Waals surface area contributed by atoms with Gasteiger partial charge in [-0.1, -0.05) is 0 Å². The van der Waals surface area contributed by atoms with Crippen molar-refractivity contribution in [3.05, 3.63) is 47.8 Å². The topological polar surface area (TPSA) is 80.7 Å². The summed E-state index contributed by atoms with van der Waals surface area (Å²) in [5, 5.41) is 12.4. The quantitative estimate of drug-likeness (QED) is 0.849. The number of hydrogen-bond acceptors (Lipinski definition) is 5. The smallest absolute Gasteiger partial charge is 0.337 e. The molecule has 1 aromatic carbocycles. The minimum atomic E-state index is -1.03. The number of carboxylic acid groups (broad SMARTS) is 1. The lowest BCUT2D eigenvalue weighted by Crippen LogP contribution is -2.07. The molecule has 0 spiro atoms. The van der Waals surface area contributed by atoms with E-state index in [0.717, 1.165) is 5.56 Å². The fourth-order valence-corrected chi connectivity index (χ4v) is 1.90. The van der Waals surface area contributed by atoms with Gasteiger partial charge in [-0.05, 0) is 17.7 Å². The van der Waals surface area contributed by atoms with E-state index in [1.165, 1.54) is 20.3 Å². The standard InChI is InChI=1S/C15H16N2O4/c1-20-13-7-11(15(18)19)12(8-14(13)21-2)17-9-10-3-5-16-6-4-10/h3-8,17H,9H2,1-2H3,(H,18,19). The van der Waals surface area contributed by atoms with Crippen LogP contribution in [-0.2, 0) is 6.54 Å². The first-order valence-electron chi connectivity index (χ1n) is 6.27. The molecule has 2 aromatic rings. The number of carboxylic acids is 1. The summed E-state index contributed by atoms with van der Waals surface area (Å²) < 4.78 is 10.3. The Morgan fingerprint density at radius 3 is 2.38 bits per heavy atom. The van der Waals surface area contributed by atoms with Crippen molar-refractivity contribution in [3.8, 4) is 11.5 Å². The van der Waals surface area contributed by atoms with Gasteiger partial charge >= 0.3 is 5.97 Å². The van der Waals surface area contributed by atoms with Gasteiger partial charge < -0.3 is 19.9 Å². The summed E-state index contributed by atoms with van der Waals surface area (Å²) in [5.74, 6) is -0.183. The maximum Gasteiger partial charge on any atom is 0.337 e. The molecule has 6 heteroatoms. The van der Waals surface area contributed by atoms with Gasteiger partial charge in [0.25, 0.3) is 0 Å². The first-order valence-corrected chi connectivity index (χ1v) is 6.27. The molecule has 21 heavy (non-hydrogen) atoms. The van der Waals surface area contributed by atoms with Crippen LogP contribution in [0.25, 0.3) is 0 Å². The molecule has 0 aliphatic heterocycles. The Kier molecular flexibility index (Phi) is 4.61. The van der Waals surface area contributed by atoms with Crippen LogP contribution in [0.15, 0.2) is 36.7 Å². The largest absolute Gasteiger partial charge is 0.493 e. The van der Waals surface area contributed by atoms with E-state index in [1.807, 2.05) is 12.1 Å². The number of ether oxygens (including phenoxy) is 2. The molecule has 0 aliphatic carbocycles. The molecule has 6 nitrogen and oxygen atoms in total. The van der Waals surface area contributed by atoms with Crippen molar-refractivity contribution in [2.45, 2.75) is 6.54 Å². The molecular weight excluding hydrogens is 272 g/mol. The van der Waals surface area contributed by atoms with Crippen molar-refractivity contribution in [3.63, 3.8) is 0 Å². The fraction of sp³-hybridized carbons (Fsp3) is 0.200. The number of nitrogens with zero attached hydrogens (tertiary/aromatic N) is 1. The molecule has 1 heterocycles. The highest BCUT2D eigenvalue weighted by Crippen LogP contribution is 2.33. The molecule has 0 fully saturated rings. The van der Waals surface area contributed by atoms with E-state index in [9.17, 15) is 9.90 Å². The van der Waals surface area contributed by atoms with Crippen molar-refractivity contribution in [2.24, 2.45) is 0 Å². The summed E-state index contributed by atoms with van der Waals surface area (Å²) in [6.07, 6.45) is 3.37. The van der Waals surface area contributed by atoms with Gasteiger partial charge in [0.1, 0.15) is 0 Å². The maximum absolute atomic E-state index is 11.4. The van der Waals surface area contributed by atoms with Crippen LogP contribution >= 0.6 is 0 Å². The van der Waals surface area contributed by atoms with E-state index in [1.54, 1.807) is 18.5 Å². The Morgan fingerprint density at radius 1 is 1.19 bits per heavy atom. The van der Waals surface area contributed by atoms with Gasteiger partial charge in [0.05, 0.1) is 25.5 Å². The van der Waals surface area contributed by atoms with Gasteiger partial charge in [0, 0.05) is 31.1 Å². The third kappa shape index (κ3) is 3.42. The fourth-order valence-electron chi connectivity index (χ4n) is 1.90. The Morgan fingerprint density at radius 2 is 1.81 bits per heavy atom. The molecule has 2 rings (SSSR count). The number of methoxy groups -OCH3 is 2. The van der Waals surface area contributed by atoms with Crippen molar-refractivity contribution in [2.75, 3.05) is 19.5 Å². The summed E-state index contributed by atoms with van der Waals surface area (Å²) in [5.41, 5.74) is 1.59. The zero-order valence-corrected chi connectivity index (χ0v) is 11.8. The van der Waals surface area contributed by atoms with Crippen molar-refractivity contribution in [1.29, 1.82) is 0 Å². The number of nitrogens with one attached hydrogen (secondary N) is 1. The number of anilines is 1. The highest BCUT2D eigenvalue weighted by Gasteiger charge is 2.16. The number of hydrogen-bond donors (Lipinski definition) is 2. The average Bonchev–Trinajstić information content (AvgIpc) is 2.52. The lowest BCUT2D eigenvalue weighted by atomic mass is 10.1. The molecule has 0 saturated heterocycles. The van der Waals surface area contributed by atoms with Gasteiger partial charge in [-0.3, -0.25) is 4.98 Å². The minimum absolute atomic E-state index is 0.127. The predicted octanol–water partition coefficient (Wildman–Crippen LogP) is 2.41. The Balaban J connectivity index is 2.30. The van der Waals surface area contributed by atoms with E-state index in [-0.39, 0.29) is 5.56 Å². The summed E-state index contributed by atoms with van der Waals surface area (Å²) in [6, 6.07) is 6.77. The van der Waals surface area contributed by atoms with E-state index >= 15 is 0 Å². The van der Waals surface area contributed by atoms with Crippen LogP contribution in [-0.4, -0.2) is 30.3 Å². The molecule has 0 amide bonds. The van der Waals surface area contributed by atoms with Crippen molar-refractivity contribution < 1.29 is 19.4 Å². The number of benzene rings is 1. The van der Waals surface area contributed by atoms with Gasteiger partial charge in [-0.2, -0.15) is 0 Å². The highest BCUT2D eigenvalue weighted by atomic mass is 16.5. The first-order chi connectivity index (χ1) is 10.2. The third-order valence-corrected chi connectivity index (χ3v) is 2.99. The molecule has 1 aromatic heterocycles. The van der Waals surface area contributed by atoms with E-state index in [0.29, 0.717) is 23.7 Å². The van der Waals surface area contributed by atoms with Crippen LogP contribution in [0.2, 0.25) is 0 Å². The zero-order valence-electron chi connectivity index (χ0n) is 11.8. The van der Waals surface area contributed by atoms with Gasteiger partial charge in [-0.15, -0.1) is 0 Å². The van der Waals surface area contributed by atoms with Crippen LogP contribution in [0, 0.1) is 0 Å². The van der Waals surface area contributed by atoms with Crippen LogP contribution < -0.4 is 14.8 Å². The third-order valence-electron chi connectivity index (χ3n) is 2.99. The van der Waals surface area contributed by atoms with Crippen LogP contribution in [0.3, 0.4) is 0 Å². The van der Waals surface area contributed by atoms with E-state index in [4.69, 9.17) is 9.47 Å².